The Morgan fingerprint density at radius 2 is 2.17 bits per heavy atom. The van der Waals surface area contributed by atoms with Crippen LogP contribution < -0.4 is 19.5 Å². The highest BCUT2D eigenvalue weighted by Gasteiger charge is 2.21. The number of fused-ring (bicyclic) bond motifs is 1. The Kier molecular flexibility index (Phi) is 5.45. The predicted molar refractivity (Wildman–Crippen MR) is 91.2 cm³/mol. The number of methoxy groups -OCH3 is 1. The minimum Gasteiger partial charge on any atom is -0.493 e. The molecule has 0 saturated carbocycles. The Morgan fingerprint density at radius 1 is 1.33 bits per heavy atom. The largest absolute Gasteiger partial charge is 0.493 e. The Balaban J connectivity index is 1.60. The molecule has 1 atom stereocenters. The molecular weight excluding hydrogens is 308 g/mol. The van der Waals surface area contributed by atoms with Crippen LogP contribution in [0.4, 0.5) is 0 Å². The van der Waals surface area contributed by atoms with Crippen LogP contribution in [0.3, 0.4) is 0 Å². The second-order valence-corrected chi connectivity index (χ2v) is 6.34. The SMILES string of the molecule is COc1cc(C(=O)NCCN2CCCCC2C)cc2c1OCCO2. The highest BCUT2D eigenvalue weighted by molar-refractivity contribution is 5.95. The smallest absolute Gasteiger partial charge is 0.251 e. The summed E-state index contributed by atoms with van der Waals surface area (Å²) in [7, 11) is 1.56. The molecule has 132 valence electrons. The molecular formula is C18H26N2O4. The maximum absolute atomic E-state index is 12.4. The summed E-state index contributed by atoms with van der Waals surface area (Å²) < 4.78 is 16.5. The van der Waals surface area contributed by atoms with Gasteiger partial charge in [0.2, 0.25) is 5.75 Å². The number of ether oxygens (including phenoxy) is 3. The Hall–Kier alpha value is -1.95. The van der Waals surface area contributed by atoms with E-state index in [4.69, 9.17) is 14.2 Å². The monoisotopic (exact) mass is 334 g/mol. The number of rotatable bonds is 5. The molecule has 2 heterocycles. The van der Waals surface area contributed by atoms with E-state index >= 15 is 0 Å². The summed E-state index contributed by atoms with van der Waals surface area (Å²) in [5.41, 5.74) is 0.530. The molecule has 1 aromatic carbocycles. The summed E-state index contributed by atoms with van der Waals surface area (Å²) in [6.45, 7) is 5.87. The van der Waals surface area contributed by atoms with E-state index in [9.17, 15) is 4.79 Å². The molecule has 24 heavy (non-hydrogen) atoms. The van der Waals surface area contributed by atoms with Crippen LogP contribution in [0.2, 0.25) is 0 Å². The molecule has 0 aromatic heterocycles. The van der Waals surface area contributed by atoms with Gasteiger partial charge in [0.15, 0.2) is 11.5 Å². The zero-order valence-electron chi connectivity index (χ0n) is 14.5. The molecule has 1 aromatic rings. The Bertz CT molecular complexity index is 573. The third-order valence-corrected chi connectivity index (χ3v) is 4.72. The van der Waals surface area contributed by atoms with Crippen LogP contribution in [0.15, 0.2) is 12.1 Å². The number of amides is 1. The van der Waals surface area contributed by atoms with E-state index in [1.807, 2.05) is 0 Å². The van der Waals surface area contributed by atoms with Gasteiger partial charge in [-0.05, 0) is 38.4 Å². The van der Waals surface area contributed by atoms with Crippen molar-refractivity contribution in [2.24, 2.45) is 0 Å². The van der Waals surface area contributed by atoms with Crippen molar-refractivity contribution in [3.8, 4) is 17.2 Å². The van der Waals surface area contributed by atoms with Gasteiger partial charge in [-0.2, -0.15) is 0 Å². The van der Waals surface area contributed by atoms with Crippen molar-refractivity contribution in [2.75, 3.05) is 40.0 Å². The van der Waals surface area contributed by atoms with Crippen molar-refractivity contribution in [1.29, 1.82) is 0 Å². The summed E-state index contributed by atoms with van der Waals surface area (Å²) >= 11 is 0. The lowest BCUT2D eigenvalue weighted by atomic mass is 10.0. The van der Waals surface area contributed by atoms with Gasteiger partial charge in [-0.1, -0.05) is 6.42 Å². The van der Waals surface area contributed by atoms with Gasteiger partial charge in [0.25, 0.3) is 5.91 Å². The molecule has 1 unspecified atom stereocenters. The molecule has 1 amide bonds. The van der Waals surface area contributed by atoms with Gasteiger partial charge in [0.1, 0.15) is 13.2 Å². The molecule has 1 saturated heterocycles. The summed E-state index contributed by atoms with van der Waals surface area (Å²) in [5.74, 6) is 1.55. The quantitative estimate of drug-likeness (QED) is 0.893. The predicted octanol–water partition coefficient (Wildman–Crippen LogP) is 2.07. The van der Waals surface area contributed by atoms with E-state index in [0.29, 0.717) is 48.6 Å². The number of carbonyl (C=O) groups is 1. The number of nitrogens with one attached hydrogen (secondary N) is 1. The molecule has 0 aliphatic carbocycles. The van der Waals surface area contributed by atoms with E-state index in [-0.39, 0.29) is 5.91 Å². The van der Waals surface area contributed by atoms with Crippen molar-refractivity contribution >= 4 is 5.91 Å². The van der Waals surface area contributed by atoms with E-state index < -0.39 is 0 Å². The number of piperidine rings is 1. The summed E-state index contributed by atoms with van der Waals surface area (Å²) in [6, 6.07) is 4.02. The zero-order chi connectivity index (χ0) is 16.9. The van der Waals surface area contributed by atoms with E-state index in [0.717, 1.165) is 13.1 Å². The first-order chi connectivity index (χ1) is 11.7. The zero-order valence-corrected chi connectivity index (χ0v) is 14.5. The minimum atomic E-state index is -0.116. The molecule has 0 bridgehead atoms. The molecule has 0 radical (unpaired) electrons. The standard InChI is InChI=1S/C18H26N2O4/c1-13-5-3-4-7-20(13)8-6-19-18(21)14-11-15(22-2)17-16(12-14)23-9-10-24-17/h11-13H,3-10H2,1-2H3,(H,19,21). The number of hydrogen-bond donors (Lipinski definition) is 1. The second kappa shape index (κ2) is 7.75. The summed E-state index contributed by atoms with van der Waals surface area (Å²) in [5, 5.41) is 2.99. The van der Waals surface area contributed by atoms with Crippen LogP contribution in [0.5, 0.6) is 17.2 Å². The van der Waals surface area contributed by atoms with Gasteiger partial charge in [-0.15, -0.1) is 0 Å². The number of carbonyl (C=O) groups excluding carboxylic acids is 1. The lowest BCUT2D eigenvalue weighted by Gasteiger charge is -2.33. The average molecular weight is 334 g/mol. The molecule has 2 aliphatic rings. The molecule has 6 nitrogen and oxygen atoms in total. The van der Waals surface area contributed by atoms with Gasteiger partial charge < -0.3 is 19.5 Å². The van der Waals surface area contributed by atoms with Crippen molar-refractivity contribution in [3.63, 3.8) is 0 Å². The number of likely N-dealkylation sites (tertiary alicyclic amines) is 1. The maximum Gasteiger partial charge on any atom is 0.251 e. The minimum absolute atomic E-state index is 0.116. The van der Waals surface area contributed by atoms with Crippen molar-refractivity contribution < 1.29 is 19.0 Å². The third kappa shape index (κ3) is 3.75. The van der Waals surface area contributed by atoms with Crippen molar-refractivity contribution in [1.82, 2.24) is 10.2 Å². The van der Waals surface area contributed by atoms with Crippen LogP contribution >= 0.6 is 0 Å². The normalized spacial score (nSPS) is 20.5. The number of benzene rings is 1. The maximum atomic E-state index is 12.4. The average Bonchev–Trinajstić information content (AvgIpc) is 2.62. The lowest BCUT2D eigenvalue weighted by Crippen LogP contribution is -2.42. The molecule has 1 fully saturated rings. The molecule has 3 rings (SSSR count). The summed E-state index contributed by atoms with van der Waals surface area (Å²) in [6.07, 6.45) is 3.80. The first-order valence-electron chi connectivity index (χ1n) is 8.69. The number of nitrogens with zero attached hydrogens (tertiary/aromatic N) is 1. The first-order valence-corrected chi connectivity index (χ1v) is 8.69. The van der Waals surface area contributed by atoms with E-state index in [1.165, 1.54) is 19.3 Å². The Morgan fingerprint density at radius 3 is 2.96 bits per heavy atom. The highest BCUT2D eigenvalue weighted by atomic mass is 16.6. The fourth-order valence-corrected chi connectivity index (χ4v) is 3.31. The third-order valence-electron chi connectivity index (χ3n) is 4.72. The van der Waals surface area contributed by atoms with E-state index in [1.54, 1.807) is 19.2 Å². The summed E-state index contributed by atoms with van der Waals surface area (Å²) in [4.78, 5) is 14.9. The van der Waals surface area contributed by atoms with Gasteiger partial charge >= 0.3 is 0 Å². The second-order valence-electron chi connectivity index (χ2n) is 6.34. The first kappa shape index (κ1) is 16.9. The van der Waals surface area contributed by atoms with Crippen LogP contribution in [0.1, 0.15) is 36.5 Å². The van der Waals surface area contributed by atoms with Crippen molar-refractivity contribution in [2.45, 2.75) is 32.2 Å². The number of hydrogen-bond acceptors (Lipinski definition) is 5. The topological polar surface area (TPSA) is 60.0 Å². The van der Waals surface area contributed by atoms with Gasteiger partial charge in [0, 0.05) is 24.7 Å². The fourth-order valence-electron chi connectivity index (χ4n) is 3.31. The van der Waals surface area contributed by atoms with Crippen molar-refractivity contribution in [3.05, 3.63) is 17.7 Å². The Labute approximate surface area is 143 Å². The van der Waals surface area contributed by atoms with Gasteiger partial charge in [-0.3, -0.25) is 9.69 Å². The molecule has 6 heteroatoms. The van der Waals surface area contributed by atoms with Gasteiger partial charge in [0.05, 0.1) is 7.11 Å². The fraction of sp³-hybridized carbons (Fsp3) is 0.611. The van der Waals surface area contributed by atoms with Crippen LogP contribution in [0, 0.1) is 0 Å². The van der Waals surface area contributed by atoms with Crippen LogP contribution in [0.25, 0.3) is 0 Å². The van der Waals surface area contributed by atoms with E-state index in [2.05, 4.69) is 17.1 Å². The molecule has 2 aliphatic heterocycles. The van der Waals surface area contributed by atoms with Crippen LogP contribution in [-0.4, -0.2) is 56.8 Å². The highest BCUT2D eigenvalue weighted by Crippen LogP contribution is 2.40. The van der Waals surface area contributed by atoms with Crippen LogP contribution in [-0.2, 0) is 0 Å². The molecule has 0 spiro atoms. The van der Waals surface area contributed by atoms with Gasteiger partial charge in [-0.25, -0.2) is 0 Å². The lowest BCUT2D eigenvalue weighted by molar-refractivity contribution is 0.0936. The molecule has 1 N–H and O–H groups in total.